The van der Waals surface area contributed by atoms with Gasteiger partial charge in [0, 0.05) is 6.54 Å². The van der Waals surface area contributed by atoms with Gasteiger partial charge in [-0.15, -0.1) is 0 Å². The third-order valence-corrected chi connectivity index (χ3v) is 4.07. The summed E-state index contributed by atoms with van der Waals surface area (Å²) in [4.78, 5) is 4.26. The van der Waals surface area contributed by atoms with E-state index in [2.05, 4.69) is 28.5 Å². The van der Waals surface area contributed by atoms with Crippen molar-refractivity contribution < 1.29 is 0 Å². The number of hydrogen-bond donors (Lipinski definition) is 2. The summed E-state index contributed by atoms with van der Waals surface area (Å²) in [7, 11) is 0. The fourth-order valence-electron chi connectivity index (χ4n) is 2.04. The molecule has 2 aromatic rings. The quantitative estimate of drug-likeness (QED) is 0.799. The molecule has 0 unspecified atom stereocenters. The van der Waals surface area contributed by atoms with Crippen LogP contribution in [0.4, 0.5) is 5.13 Å². The number of nitrogen functional groups attached to an aromatic ring is 1. The first-order valence-electron chi connectivity index (χ1n) is 6.17. The minimum atomic E-state index is 0.652. The SMILES string of the molecule is Nc1nc2ccc(CNCCC3CC3)cc2s1. The number of fused-ring (bicyclic) bond motifs is 1. The van der Waals surface area contributed by atoms with E-state index in [1.54, 1.807) is 11.3 Å². The predicted octanol–water partition coefficient (Wildman–Crippen LogP) is 2.77. The molecule has 0 amide bonds. The molecule has 1 heterocycles. The van der Waals surface area contributed by atoms with Crippen molar-refractivity contribution in [2.24, 2.45) is 5.92 Å². The topological polar surface area (TPSA) is 50.9 Å². The Morgan fingerprint density at radius 1 is 1.41 bits per heavy atom. The van der Waals surface area contributed by atoms with E-state index in [0.717, 1.165) is 24.5 Å². The van der Waals surface area contributed by atoms with E-state index < -0.39 is 0 Å². The number of aromatic nitrogens is 1. The summed E-state index contributed by atoms with van der Waals surface area (Å²) in [6.45, 7) is 2.08. The van der Waals surface area contributed by atoms with Crippen molar-refractivity contribution in [3.8, 4) is 0 Å². The highest BCUT2D eigenvalue weighted by Gasteiger charge is 2.19. The highest BCUT2D eigenvalue weighted by molar-refractivity contribution is 7.22. The van der Waals surface area contributed by atoms with Crippen LogP contribution in [0.3, 0.4) is 0 Å². The van der Waals surface area contributed by atoms with E-state index in [0.29, 0.717) is 5.13 Å². The molecule has 0 bridgehead atoms. The van der Waals surface area contributed by atoms with E-state index in [-0.39, 0.29) is 0 Å². The number of rotatable bonds is 5. The lowest BCUT2D eigenvalue weighted by atomic mass is 10.2. The predicted molar refractivity (Wildman–Crippen MR) is 73.1 cm³/mol. The van der Waals surface area contributed by atoms with Crippen LogP contribution in [0.1, 0.15) is 24.8 Å². The molecule has 1 fully saturated rings. The van der Waals surface area contributed by atoms with Crippen LogP contribution in [0.5, 0.6) is 0 Å². The zero-order chi connectivity index (χ0) is 11.7. The minimum absolute atomic E-state index is 0.652. The lowest BCUT2D eigenvalue weighted by Crippen LogP contribution is -2.14. The summed E-state index contributed by atoms with van der Waals surface area (Å²) < 4.78 is 1.18. The summed E-state index contributed by atoms with van der Waals surface area (Å²) in [5.41, 5.74) is 8.02. The maximum atomic E-state index is 5.69. The number of thiazole rings is 1. The van der Waals surface area contributed by atoms with Crippen LogP contribution in [-0.4, -0.2) is 11.5 Å². The second-order valence-electron chi connectivity index (χ2n) is 4.76. The molecule has 1 aromatic heterocycles. The van der Waals surface area contributed by atoms with Crippen LogP contribution >= 0.6 is 11.3 Å². The molecule has 1 saturated carbocycles. The van der Waals surface area contributed by atoms with Crippen LogP contribution in [0.25, 0.3) is 10.2 Å². The lowest BCUT2D eigenvalue weighted by Gasteiger charge is -2.04. The molecule has 3 N–H and O–H groups in total. The summed E-state index contributed by atoms with van der Waals surface area (Å²) in [5, 5.41) is 4.15. The summed E-state index contributed by atoms with van der Waals surface area (Å²) in [6, 6.07) is 6.37. The molecule has 1 aromatic carbocycles. The molecule has 90 valence electrons. The zero-order valence-corrected chi connectivity index (χ0v) is 10.6. The number of anilines is 1. The number of nitrogens with two attached hydrogens (primary N) is 1. The average Bonchev–Trinajstić information content (AvgIpc) is 3.05. The van der Waals surface area contributed by atoms with Gasteiger partial charge in [0.15, 0.2) is 5.13 Å². The highest BCUT2D eigenvalue weighted by Crippen LogP contribution is 2.31. The maximum Gasteiger partial charge on any atom is 0.181 e. The Labute approximate surface area is 105 Å². The largest absolute Gasteiger partial charge is 0.375 e. The first kappa shape index (κ1) is 11.0. The molecule has 0 saturated heterocycles. The van der Waals surface area contributed by atoms with E-state index in [1.165, 1.54) is 29.5 Å². The minimum Gasteiger partial charge on any atom is -0.375 e. The number of nitrogens with zero attached hydrogens (tertiary/aromatic N) is 1. The molecule has 3 rings (SSSR count). The van der Waals surface area contributed by atoms with Crippen molar-refractivity contribution in [2.45, 2.75) is 25.8 Å². The fourth-order valence-corrected chi connectivity index (χ4v) is 2.84. The number of hydrogen-bond acceptors (Lipinski definition) is 4. The van der Waals surface area contributed by atoms with Crippen LogP contribution in [0.2, 0.25) is 0 Å². The van der Waals surface area contributed by atoms with Crippen LogP contribution in [0.15, 0.2) is 18.2 Å². The molecule has 0 atom stereocenters. The van der Waals surface area contributed by atoms with Gasteiger partial charge >= 0.3 is 0 Å². The first-order valence-corrected chi connectivity index (χ1v) is 6.98. The summed E-state index contributed by atoms with van der Waals surface area (Å²) in [5.74, 6) is 1.01. The van der Waals surface area contributed by atoms with Crippen molar-refractivity contribution in [3.05, 3.63) is 23.8 Å². The van der Waals surface area contributed by atoms with Gasteiger partial charge in [0.2, 0.25) is 0 Å². The molecule has 0 aliphatic heterocycles. The highest BCUT2D eigenvalue weighted by atomic mass is 32.1. The van der Waals surface area contributed by atoms with Gasteiger partial charge in [0.1, 0.15) is 0 Å². The van der Waals surface area contributed by atoms with Gasteiger partial charge in [0.05, 0.1) is 10.2 Å². The van der Waals surface area contributed by atoms with Gasteiger partial charge in [-0.2, -0.15) is 0 Å². The fraction of sp³-hybridized carbons (Fsp3) is 0.462. The van der Waals surface area contributed by atoms with Gasteiger partial charge in [-0.05, 0) is 36.6 Å². The van der Waals surface area contributed by atoms with Gasteiger partial charge in [-0.1, -0.05) is 30.2 Å². The first-order chi connectivity index (χ1) is 8.31. The molecule has 1 aliphatic rings. The van der Waals surface area contributed by atoms with E-state index in [4.69, 9.17) is 5.73 Å². The van der Waals surface area contributed by atoms with Crippen LogP contribution in [0, 0.1) is 5.92 Å². The Hall–Kier alpha value is -1.13. The third-order valence-electron chi connectivity index (χ3n) is 3.22. The van der Waals surface area contributed by atoms with Crippen molar-refractivity contribution in [3.63, 3.8) is 0 Å². The Bertz CT molecular complexity index is 516. The smallest absolute Gasteiger partial charge is 0.181 e. The number of benzene rings is 1. The van der Waals surface area contributed by atoms with E-state index in [9.17, 15) is 0 Å². The van der Waals surface area contributed by atoms with Crippen molar-refractivity contribution in [1.29, 1.82) is 0 Å². The lowest BCUT2D eigenvalue weighted by molar-refractivity contribution is 0.613. The Kier molecular flexibility index (Phi) is 2.99. The maximum absolute atomic E-state index is 5.69. The van der Waals surface area contributed by atoms with Gasteiger partial charge < -0.3 is 11.1 Å². The molecular formula is C13H17N3S. The Morgan fingerprint density at radius 3 is 3.12 bits per heavy atom. The van der Waals surface area contributed by atoms with Gasteiger partial charge in [0.25, 0.3) is 0 Å². The van der Waals surface area contributed by atoms with E-state index in [1.807, 2.05) is 0 Å². The zero-order valence-electron chi connectivity index (χ0n) is 9.78. The normalized spacial score (nSPS) is 15.5. The average molecular weight is 247 g/mol. The summed E-state index contributed by atoms with van der Waals surface area (Å²) in [6.07, 6.45) is 4.21. The Balaban J connectivity index is 1.59. The number of nitrogens with one attached hydrogen (secondary N) is 1. The molecule has 4 heteroatoms. The third kappa shape index (κ3) is 2.76. The summed E-state index contributed by atoms with van der Waals surface area (Å²) >= 11 is 1.56. The second kappa shape index (κ2) is 4.63. The molecule has 3 nitrogen and oxygen atoms in total. The monoisotopic (exact) mass is 247 g/mol. The van der Waals surface area contributed by atoms with E-state index >= 15 is 0 Å². The standard InChI is InChI=1S/C13H17N3S/c14-13-16-11-4-3-10(7-12(11)17-13)8-15-6-5-9-1-2-9/h3-4,7,9,15H,1-2,5-6,8H2,(H2,14,16). The second-order valence-corrected chi connectivity index (χ2v) is 5.83. The molecular weight excluding hydrogens is 230 g/mol. The van der Waals surface area contributed by atoms with Crippen molar-refractivity contribution in [2.75, 3.05) is 12.3 Å². The molecule has 17 heavy (non-hydrogen) atoms. The van der Waals surface area contributed by atoms with Gasteiger partial charge in [-0.25, -0.2) is 4.98 Å². The molecule has 0 spiro atoms. The van der Waals surface area contributed by atoms with Crippen molar-refractivity contribution in [1.82, 2.24) is 10.3 Å². The Morgan fingerprint density at radius 2 is 2.29 bits per heavy atom. The van der Waals surface area contributed by atoms with Crippen LogP contribution in [-0.2, 0) is 6.54 Å². The van der Waals surface area contributed by atoms with Crippen molar-refractivity contribution >= 4 is 26.7 Å². The molecule has 1 aliphatic carbocycles. The van der Waals surface area contributed by atoms with Gasteiger partial charge in [-0.3, -0.25) is 0 Å². The van der Waals surface area contributed by atoms with Crippen LogP contribution < -0.4 is 11.1 Å². The molecule has 0 radical (unpaired) electrons.